The molecule has 0 bridgehead atoms. The first-order valence-corrected chi connectivity index (χ1v) is 8.19. The van der Waals surface area contributed by atoms with E-state index in [4.69, 9.17) is 0 Å². The Hall–Kier alpha value is -1.56. The second kappa shape index (κ2) is 6.15. The van der Waals surface area contributed by atoms with Crippen molar-refractivity contribution < 1.29 is 18.0 Å². The van der Waals surface area contributed by atoms with Crippen molar-refractivity contribution in [2.75, 3.05) is 19.6 Å². The highest BCUT2D eigenvalue weighted by Gasteiger charge is 2.45. The predicted octanol–water partition coefficient (Wildman–Crippen LogP) is 3.54. The molecule has 6 heteroatoms. The van der Waals surface area contributed by atoms with Crippen molar-refractivity contribution in [3.05, 3.63) is 34.4 Å². The zero-order valence-electron chi connectivity index (χ0n) is 13.2. The highest BCUT2D eigenvalue weighted by Crippen LogP contribution is 2.42. The van der Waals surface area contributed by atoms with Crippen molar-refractivity contribution in [2.24, 2.45) is 0 Å². The minimum atomic E-state index is -4.50. The molecule has 1 unspecified atom stereocenters. The third-order valence-corrected chi connectivity index (χ3v) is 4.68. The SMILES string of the molecule is CCCCCc1cc2c(c(C(F)(F)F)c1)C(=O)N1CCNCC21. The maximum Gasteiger partial charge on any atom is 0.417 e. The quantitative estimate of drug-likeness (QED) is 0.859. The summed E-state index contributed by atoms with van der Waals surface area (Å²) in [6.45, 7) is 3.67. The van der Waals surface area contributed by atoms with Gasteiger partial charge < -0.3 is 10.2 Å². The molecule has 0 aromatic heterocycles. The van der Waals surface area contributed by atoms with Gasteiger partial charge >= 0.3 is 6.18 Å². The van der Waals surface area contributed by atoms with Gasteiger partial charge in [-0.05, 0) is 30.0 Å². The summed E-state index contributed by atoms with van der Waals surface area (Å²) in [5.74, 6) is -0.473. The van der Waals surface area contributed by atoms with Crippen molar-refractivity contribution in [1.29, 1.82) is 0 Å². The molecule has 2 aliphatic rings. The fraction of sp³-hybridized carbons (Fsp3) is 0.588. The van der Waals surface area contributed by atoms with E-state index >= 15 is 0 Å². The van der Waals surface area contributed by atoms with E-state index in [2.05, 4.69) is 12.2 Å². The van der Waals surface area contributed by atoms with Gasteiger partial charge in [0.15, 0.2) is 0 Å². The van der Waals surface area contributed by atoms with Crippen LogP contribution >= 0.6 is 0 Å². The normalized spacial score (nSPS) is 20.6. The average Bonchev–Trinajstić information content (AvgIpc) is 2.80. The van der Waals surface area contributed by atoms with Crippen LogP contribution in [0.15, 0.2) is 12.1 Å². The molecule has 0 saturated carbocycles. The zero-order valence-corrected chi connectivity index (χ0v) is 13.2. The molecule has 3 nitrogen and oxygen atoms in total. The first kappa shape index (κ1) is 16.3. The Morgan fingerprint density at radius 1 is 1.30 bits per heavy atom. The Morgan fingerprint density at radius 2 is 2.09 bits per heavy atom. The van der Waals surface area contributed by atoms with Crippen LogP contribution in [0, 0.1) is 0 Å². The van der Waals surface area contributed by atoms with Crippen LogP contribution in [0.2, 0.25) is 0 Å². The highest BCUT2D eigenvalue weighted by molar-refractivity contribution is 6.01. The summed E-state index contributed by atoms with van der Waals surface area (Å²) in [6.07, 6.45) is -0.987. The van der Waals surface area contributed by atoms with E-state index < -0.39 is 17.6 Å². The van der Waals surface area contributed by atoms with Crippen LogP contribution in [0.4, 0.5) is 13.2 Å². The molecule has 1 aromatic carbocycles. The predicted molar refractivity (Wildman–Crippen MR) is 81.3 cm³/mol. The lowest BCUT2D eigenvalue weighted by Crippen LogP contribution is -2.44. The van der Waals surface area contributed by atoms with Gasteiger partial charge in [-0.15, -0.1) is 0 Å². The molecule has 1 amide bonds. The van der Waals surface area contributed by atoms with Gasteiger partial charge in [0.05, 0.1) is 17.2 Å². The Labute approximate surface area is 133 Å². The number of nitrogens with one attached hydrogen (secondary N) is 1. The van der Waals surface area contributed by atoms with Gasteiger partial charge in [0, 0.05) is 19.6 Å². The van der Waals surface area contributed by atoms with E-state index in [1.54, 1.807) is 4.90 Å². The lowest BCUT2D eigenvalue weighted by Gasteiger charge is -2.30. The summed E-state index contributed by atoms with van der Waals surface area (Å²) in [6, 6.07) is 2.73. The molecule has 0 radical (unpaired) electrons. The molecule has 1 N–H and O–H groups in total. The number of aryl methyl sites for hydroxylation is 1. The summed E-state index contributed by atoms with van der Waals surface area (Å²) in [5, 5.41) is 3.17. The van der Waals surface area contributed by atoms with E-state index in [0.717, 1.165) is 19.3 Å². The van der Waals surface area contributed by atoms with E-state index in [-0.39, 0.29) is 11.6 Å². The van der Waals surface area contributed by atoms with Crippen LogP contribution < -0.4 is 5.32 Å². The van der Waals surface area contributed by atoms with E-state index in [1.165, 1.54) is 6.07 Å². The van der Waals surface area contributed by atoms with Crippen molar-refractivity contribution >= 4 is 5.91 Å². The van der Waals surface area contributed by atoms with Crippen LogP contribution in [0.3, 0.4) is 0 Å². The number of carbonyl (C=O) groups is 1. The van der Waals surface area contributed by atoms with E-state index in [9.17, 15) is 18.0 Å². The van der Waals surface area contributed by atoms with Crippen molar-refractivity contribution in [3.63, 3.8) is 0 Å². The molecular weight excluding hydrogens is 305 g/mol. The Balaban J connectivity index is 2.04. The molecule has 23 heavy (non-hydrogen) atoms. The second-order valence-corrected chi connectivity index (χ2v) is 6.28. The molecule has 1 aromatic rings. The minimum absolute atomic E-state index is 0.134. The maximum absolute atomic E-state index is 13.5. The third-order valence-electron chi connectivity index (χ3n) is 4.68. The molecule has 126 valence electrons. The molecule has 1 saturated heterocycles. The second-order valence-electron chi connectivity index (χ2n) is 6.28. The van der Waals surface area contributed by atoms with Gasteiger partial charge in [0.1, 0.15) is 0 Å². The van der Waals surface area contributed by atoms with Crippen molar-refractivity contribution in [2.45, 2.75) is 44.8 Å². The average molecular weight is 326 g/mol. The molecule has 2 aliphatic heterocycles. The van der Waals surface area contributed by atoms with Gasteiger partial charge in [-0.1, -0.05) is 25.8 Å². The van der Waals surface area contributed by atoms with E-state index in [1.807, 2.05) is 6.07 Å². The molecule has 2 heterocycles. The molecule has 0 spiro atoms. The fourth-order valence-electron chi connectivity index (χ4n) is 3.54. The highest BCUT2D eigenvalue weighted by atomic mass is 19.4. The lowest BCUT2D eigenvalue weighted by atomic mass is 9.93. The maximum atomic E-state index is 13.5. The van der Waals surface area contributed by atoms with Crippen molar-refractivity contribution in [1.82, 2.24) is 10.2 Å². The number of rotatable bonds is 4. The number of nitrogens with zero attached hydrogens (tertiary/aromatic N) is 1. The topological polar surface area (TPSA) is 32.3 Å². The Morgan fingerprint density at radius 3 is 2.78 bits per heavy atom. The number of benzene rings is 1. The summed E-state index contributed by atoms with van der Waals surface area (Å²) in [5.41, 5.74) is 0.333. The Kier molecular flexibility index (Phi) is 4.36. The van der Waals surface area contributed by atoms with Crippen molar-refractivity contribution in [3.8, 4) is 0 Å². The summed E-state index contributed by atoms with van der Waals surface area (Å²) < 4.78 is 40.4. The number of unbranched alkanes of at least 4 members (excludes halogenated alkanes) is 2. The molecular formula is C17H21F3N2O. The monoisotopic (exact) mass is 326 g/mol. The van der Waals surface area contributed by atoms with Gasteiger partial charge in [-0.3, -0.25) is 4.79 Å². The summed E-state index contributed by atoms with van der Waals surface area (Å²) in [7, 11) is 0. The first-order chi connectivity index (χ1) is 10.9. The molecule has 1 atom stereocenters. The van der Waals surface area contributed by atoms with Gasteiger partial charge in [0.2, 0.25) is 0 Å². The number of amides is 1. The number of piperazine rings is 1. The van der Waals surface area contributed by atoms with Gasteiger partial charge in [-0.2, -0.15) is 13.2 Å². The van der Waals surface area contributed by atoms with Crippen LogP contribution in [-0.4, -0.2) is 30.4 Å². The number of alkyl halides is 3. The number of fused-ring (bicyclic) bond motifs is 3. The van der Waals surface area contributed by atoms with E-state index in [0.29, 0.717) is 37.2 Å². The largest absolute Gasteiger partial charge is 0.417 e. The zero-order chi connectivity index (χ0) is 16.6. The summed E-state index contributed by atoms with van der Waals surface area (Å²) >= 11 is 0. The number of hydrogen-bond acceptors (Lipinski definition) is 2. The molecule has 1 fully saturated rings. The number of carbonyl (C=O) groups excluding carboxylic acids is 1. The lowest BCUT2D eigenvalue weighted by molar-refractivity contribution is -0.138. The van der Waals surface area contributed by atoms with Crippen LogP contribution in [0.1, 0.15) is 59.3 Å². The van der Waals surface area contributed by atoms with Crippen LogP contribution in [-0.2, 0) is 12.6 Å². The third kappa shape index (κ3) is 2.96. The summed E-state index contributed by atoms with van der Waals surface area (Å²) in [4.78, 5) is 14.0. The standard InChI is InChI=1S/C17H21F3N2O/c1-2-3-4-5-11-8-12-14-10-21-6-7-22(14)16(23)15(12)13(9-11)17(18,19)20/h8-9,14,21H,2-7,10H2,1H3. The molecule has 0 aliphatic carbocycles. The van der Waals surface area contributed by atoms with Crippen LogP contribution in [0.25, 0.3) is 0 Å². The minimum Gasteiger partial charge on any atom is -0.329 e. The van der Waals surface area contributed by atoms with Gasteiger partial charge in [-0.25, -0.2) is 0 Å². The smallest absolute Gasteiger partial charge is 0.329 e. The number of hydrogen-bond donors (Lipinski definition) is 1. The first-order valence-electron chi connectivity index (χ1n) is 8.19. The van der Waals surface area contributed by atoms with Gasteiger partial charge in [0.25, 0.3) is 5.91 Å². The Bertz CT molecular complexity index is 613. The van der Waals surface area contributed by atoms with Crippen LogP contribution in [0.5, 0.6) is 0 Å². The molecule has 3 rings (SSSR count). The number of halogens is 3. The fourth-order valence-corrected chi connectivity index (χ4v) is 3.54.